The van der Waals surface area contributed by atoms with Crippen molar-refractivity contribution in [3.63, 3.8) is 0 Å². The monoisotopic (exact) mass is 237 g/mol. The van der Waals surface area contributed by atoms with Crippen LogP contribution in [-0.4, -0.2) is 44.9 Å². The molecule has 1 aromatic rings. The maximum Gasteiger partial charge on any atom is 0.274 e. The van der Waals surface area contributed by atoms with Gasteiger partial charge in [-0.2, -0.15) is 5.10 Å². The van der Waals surface area contributed by atoms with E-state index in [9.17, 15) is 4.79 Å². The van der Waals surface area contributed by atoms with Crippen LogP contribution in [-0.2, 0) is 7.05 Å². The van der Waals surface area contributed by atoms with Gasteiger partial charge in [-0.1, -0.05) is 0 Å². The number of aromatic nitrogens is 2. The summed E-state index contributed by atoms with van der Waals surface area (Å²) in [7, 11) is 1.81. The molecule has 1 atom stereocenters. The Bertz CT molecular complexity index is 389. The molecule has 1 saturated heterocycles. The van der Waals surface area contributed by atoms with Gasteiger partial charge in [-0.25, -0.2) is 0 Å². The van der Waals surface area contributed by atoms with Gasteiger partial charge in [-0.15, -0.1) is 0 Å². The van der Waals surface area contributed by atoms with E-state index in [-0.39, 0.29) is 18.6 Å². The van der Waals surface area contributed by atoms with E-state index in [1.54, 1.807) is 16.9 Å². The van der Waals surface area contributed by atoms with Gasteiger partial charge in [0.05, 0.1) is 0 Å². The first-order chi connectivity index (χ1) is 8.22. The van der Waals surface area contributed by atoms with Gasteiger partial charge >= 0.3 is 0 Å². The Balaban J connectivity index is 2.03. The highest BCUT2D eigenvalue weighted by atomic mass is 16.3. The lowest BCUT2D eigenvalue weighted by Gasteiger charge is -2.23. The topological polar surface area (TPSA) is 58.4 Å². The molecule has 1 aliphatic rings. The molecule has 1 unspecified atom stereocenters. The second kappa shape index (κ2) is 5.31. The number of hydrogen-bond acceptors (Lipinski definition) is 3. The lowest BCUT2D eigenvalue weighted by atomic mass is 10.1. The van der Waals surface area contributed by atoms with Crippen molar-refractivity contribution in [2.24, 2.45) is 7.05 Å². The molecular weight excluding hydrogens is 218 g/mol. The van der Waals surface area contributed by atoms with Gasteiger partial charge in [-0.05, 0) is 31.7 Å². The minimum absolute atomic E-state index is 0.0195. The molecule has 0 spiro atoms. The average molecular weight is 237 g/mol. The summed E-state index contributed by atoms with van der Waals surface area (Å²) in [6.45, 7) is 1.01. The van der Waals surface area contributed by atoms with Gasteiger partial charge < -0.3 is 10.0 Å². The molecule has 5 nitrogen and oxygen atoms in total. The van der Waals surface area contributed by atoms with Crippen LogP contribution < -0.4 is 0 Å². The highest BCUT2D eigenvalue weighted by molar-refractivity contribution is 5.92. The van der Waals surface area contributed by atoms with Gasteiger partial charge in [0.1, 0.15) is 5.69 Å². The van der Waals surface area contributed by atoms with Crippen LogP contribution in [0.15, 0.2) is 12.3 Å². The van der Waals surface area contributed by atoms with Crippen LogP contribution >= 0.6 is 0 Å². The lowest BCUT2D eigenvalue weighted by Crippen LogP contribution is -2.35. The third-order valence-corrected chi connectivity index (χ3v) is 3.27. The minimum Gasteiger partial charge on any atom is -0.396 e. The summed E-state index contributed by atoms with van der Waals surface area (Å²) in [5.74, 6) is 0.0195. The number of aliphatic hydroxyl groups is 1. The van der Waals surface area contributed by atoms with Gasteiger partial charge in [-0.3, -0.25) is 9.48 Å². The molecule has 2 heterocycles. The third kappa shape index (κ3) is 2.66. The molecule has 0 saturated carbocycles. The first-order valence-electron chi connectivity index (χ1n) is 6.14. The van der Waals surface area contributed by atoms with Crippen LogP contribution in [0.3, 0.4) is 0 Å². The zero-order valence-electron chi connectivity index (χ0n) is 10.2. The van der Waals surface area contributed by atoms with Crippen molar-refractivity contribution in [1.82, 2.24) is 14.7 Å². The first kappa shape index (κ1) is 12.1. The maximum atomic E-state index is 12.2. The molecule has 94 valence electrons. The molecule has 1 aliphatic heterocycles. The van der Waals surface area contributed by atoms with E-state index in [0.29, 0.717) is 5.69 Å². The number of hydrogen-bond donors (Lipinski definition) is 1. The molecule has 1 fully saturated rings. The standard InChI is InChI=1S/C12H19N3O2/c1-14-8-6-11(13-14)12(17)15-7-2-4-10(15)5-3-9-16/h6,8,10,16H,2-5,7,9H2,1H3. The summed E-state index contributed by atoms with van der Waals surface area (Å²) in [6, 6.07) is 2.03. The molecule has 0 aromatic carbocycles. The summed E-state index contributed by atoms with van der Waals surface area (Å²) >= 11 is 0. The summed E-state index contributed by atoms with van der Waals surface area (Å²) in [5.41, 5.74) is 0.517. The van der Waals surface area contributed by atoms with Crippen molar-refractivity contribution in [2.75, 3.05) is 13.2 Å². The van der Waals surface area contributed by atoms with Gasteiger partial charge in [0.2, 0.25) is 0 Å². The molecule has 2 rings (SSSR count). The van der Waals surface area contributed by atoms with E-state index in [0.717, 1.165) is 32.2 Å². The SMILES string of the molecule is Cn1ccc(C(=O)N2CCCC2CCCO)n1. The molecule has 1 amide bonds. The second-order valence-corrected chi connectivity index (χ2v) is 4.54. The Kier molecular flexibility index (Phi) is 3.78. The van der Waals surface area contributed by atoms with Crippen LogP contribution in [0.4, 0.5) is 0 Å². The van der Waals surface area contributed by atoms with E-state index in [1.165, 1.54) is 0 Å². The fourth-order valence-electron chi connectivity index (χ4n) is 2.41. The third-order valence-electron chi connectivity index (χ3n) is 3.27. The van der Waals surface area contributed by atoms with Crippen molar-refractivity contribution in [2.45, 2.75) is 31.7 Å². The highest BCUT2D eigenvalue weighted by Gasteiger charge is 2.29. The Morgan fingerprint density at radius 2 is 2.47 bits per heavy atom. The van der Waals surface area contributed by atoms with Gasteiger partial charge in [0, 0.05) is 32.4 Å². The van der Waals surface area contributed by atoms with Gasteiger partial charge in [0.25, 0.3) is 5.91 Å². The van der Waals surface area contributed by atoms with Crippen molar-refractivity contribution in [3.8, 4) is 0 Å². The van der Waals surface area contributed by atoms with E-state index in [4.69, 9.17) is 5.11 Å². The largest absolute Gasteiger partial charge is 0.396 e. The van der Waals surface area contributed by atoms with E-state index < -0.39 is 0 Å². The molecular formula is C12H19N3O2. The minimum atomic E-state index is 0.0195. The number of likely N-dealkylation sites (tertiary alicyclic amines) is 1. The number of carbonyl (C=O) groups excluding carboxylic acids is 1. The smallest absolute Gasteiger partial charge is 0.274 e. The van der Waals surface area contributed by atoms with Crippen molar-refractivity contribution in [1.29, 1.82) is 0 Å². The first-order valence-corrected chi connectivity index (χ1v) is 6.14. The second-order valence-electron chi connectivity index (χ2n) is 4.54. The predicted octanol–water partition coefficient (Wildman–Crippen LogP) is 0.797. The number of aryl methyl sites for hydroxylation is 1. The Morgan fingerprint density at radius 1 is 1.65 bits per heavy atom. The van der Waals surface area contributed by atoms with Crippen molar-refractivity contribution >= 4 is 5.91 Å². The normalized spacial score (nSPS) is 19.9. The van der Waals surface area contributed by atoms with Crippen molar-refractivity contribution in [3.05, 3.63) is 18.0 Å². The fraction of sp³-hybridized carbons (Fsp3) is 0.667. The quantitative estimate of drug-likeness (QED) is 0.842. The molecule has 1 aromatic heterocycles. The lowest BCUT2D eigenvalue weighted by molar-refractivity contribution is 0.0717. The summed E-state index contributed by atoms with van der Waals surface area (Å²) < 4.78 is 1.64. The number of nitrogens with zero attached hydrogens (tertiary/aromatic N) is 3. The number of amides is 1. The van der Waals surface area contributed by atoms with Gasteiger partial charge in [0.15, 0.2) is 0 Å². The Hall–Kier alpha value is -1.36. The summed E-state index contributed by atoms with van der Waals surface area (Å²) in [4.78, 5) is 14.1. The van der Waals surface area contributed by atoms with Crippen LogP contribution in [0.2, 0.25) is 0 Å². The molecule has 0 radical (unpaired) electrons. The maximum absolute atomic E-state index is 12.2. The van der Waals surface area contributed by atoms with Crippen LogP contribution in [0.5, 0.6) is 0 Å². The van der Waals surface area contributed by atoms with E-state index in [2.05, 4.69) is 5.10 Å². The molecule has 1 N–H and O–H groups in total. The highest BCUT2D eigenvalue weighted by Crippen LogP contribution is 2.22. The molecule has 0 aliphatic carbocycles. The summed E-state index contributed by atoms with van der Waals surface area (Å²) in [6.07, 6.45) is 5.52. The molecule has 5 heteroatoms. The predicted molar refractivity (Wildman–Crippen MR) is 63.6 cm³/mol. The zero-order chi connectivity index (χ0) is 12.3. The van der Waals surface area contributed by atoms with Crippen LogP contribution in [0.25, 0.3) is 0 Å². The van der Waals surface area contributed by atoms with Crippen molar-refractivity contribution < 1.29 is 9.90 Å². The number of rotatable bonds is 4. The number of carbonyl (C=O) groups is 1. The summed E-state index contributed by atoms with van der Waals surface area (Å²) in [5, 5.41) is 13.0. The Morgan fingerprint density at radius 3 is 3.12 bits per heavy atom. The van der Waals surface area contributed by atoms with Crippen LogP contribution in [0, 0.1) is 0 Å². The molecule has 0 bridgehead atoms. The van der Waals surface area contributed by atoms with Crippen LogP contribution in [0.1, 0.15) is 36.2 Å². The van der Waals surface area contributed by atoms with E-state index >= 15 is 0 Å². The number of aliphatic hydroxyl groups excluding tert-OH is 1. The zero-order valence-corrected chi connectivity index (χ0v) is 10.2. The van der Waals surface area contributed by atoms with E-state index in [1.807, 2.05) is 11.9 Å². The average Bonchev–Trinajstić information content (AvgIpc) is 2.94. The fourth-order valence-corrected chi connectivity index (χ4v) is 2.41. The Labute approximate surface area is 101 Å². The molecule has 17 heavy (non-hydrogen) atoms.